The summed E-state index contributed by atoms with van der Waals surface area (Å²) >= 11 is 0. The van der Waals surface area contributed by atoms with Crippen molar-refractivity contribution in [2.45, 2.75) is 45.4 Å². The molecule has 0 unspecified atom stereocenters. The number of rotatable bonds is 5. The Bertz CT molecular complexity index is 237. The fourth-order valence-electron chi connectivity index (χ4n) is 2.85. The molecule has 92 valence electrons. The summed E-state index contributed by atoms with van der Waals surface area (Å²) in [5, 5.41) is 3.36. The monoisotopic (exact) mass is 224 g/mol. The Hall–Kier alpha value is -0.570. The van der Waals surface area contributed by atoms with E-state index in [9.17, 15) is 4.79 Å². The molecule has 1 aliphatic carbocycles. The van der Waals surface area contributed by atoms with Gasteiger partial charge in [0.15, 0.2) is 0 Å². The highest BCUT2D eigenvalue weighted by Gasteiger charge is 2.34. The minimum atomic E-state index is 0.295. The van der Waals surface area contributed by atoms with Gasteiger partial charge in [0.2, 0.25) is 5.91 Å². The smallest absolute Gasteiger partial charge is 0.236 e. The van der Waals surface area contributed by atoms with E-state index in [1.54, 1.807) is 0 Å². The van der Waals surface area contributed by atoms with Crippen LogP contribution in [0.4, 0.5) is 0 Å². The average molecular weight is 224 g/mol. The fraction of sp³-hybridized carbons (Fsp3) is 0.923. The lowest BCUT2D eigenvalue weighted by Gasteiger charge is -2.41. The minimum Gasteiger partial charge on any atom is -0.342 e. The van der Waals surface area contributed by atoms with Crippen LogP contribution in [0.2, 0.25) is 0 Å². The number of amides is 1. The van der Waals surface area contributed by atoms with Crippen LogP contribution in [-0.2, 0) is 4.79 Å². The highest BCUT2D eigenvalue weighted by molar-refractivity contribution is 5.78. The summed E-state index contributed by atoms with van der Waals surface area (Å²) in [5.74, 6) is 0.295. The molecule has 0 atom stereocenters. The summed E-state index contributed by atoms with van der Waals surface area (Å²) < 4.78 is 0. The average Bonchev–Trinajstić information content (AvgIpc) is 2.75. The lowest BCUT2D eigenvalue weighted by atomic mass is 9.67. The molecule has 0 spiro atoms. The van der Waals surface area contributed by atoms with Gasteiger partial charge in [0.25, 0.3) is 0 Å². The lowest BCUT2D eigenvalue weighted by molar-refractivity contribution is -0.129. The van der Waals surface area contributed by atoms with Crippen LogP contribution in [0.3, 0.4) is 0 Å². The topological polar surface area (TPSA) is 32.3 Å². The molecule has 1 saturated carbocycles. The van der Waals surface area contributed by atoms with Crippen LogP contribution in [0.15, 0.2) is 0 Å². The molecule has 0 aromatic rings. The molecule has 0 aromatic carbocycles. The summed E-state index contributed by atoms with van der Waals surface area (Å²) in [7, 11) is 0. The molecule has 16 heavy (non-hydrogen) atoms. The van der Waals surface area contributed by atoms with Crippen LogP contribution >= 0.6 is 0 Å². The lowest BCUT2D eigenvalue weighted by Crippen LogP contribution is -2.43. The van der Waals surface area contributed by atoms with E-state index in [2.05, 4.69) is 12.2 Å². The molecule has 2 fully saturated rings. The Balaban J connectivity index is 1.65. The van der Waals surface area contributed by atoms with Crippen molar-refractivity contribution < 1.29 is 4.79 Å². The van der Waals surface area contributed by atoms with Gasteiger partial charge in [0, 0.05) is 19.6 Å². The van der Waals surface area contributed by atoms with E-state index in [0.717, 1.165) is 19.6 Å². The molecule has 1 aliphatic heterocycles. The van der Waals surface area contributed by atoms with Crippen LogP contribution in [-0.4, -0.2) is 37.0 Å². The van der Waals surface area contributed by atoms with Crippen molar-refractivity contribution in [2.24, 2.45) is 5.41 Å². The van der Waals surface area contributed by atoms with Crippen LogP contribution in [0.25, 0.3) is 0 Å². The van der Waals surface area contributed by atoms with E-state index in [4.69, 9.17) is 0 Å². The number of nitrogens with zero attached hydrogens (tertiary/aromatic N) is 1. The Morgan fingerprint density at radius 1 is 1.25 bits per heavy atom. The van der Waals surface area contributed by atoms with E-state index in [1.807, 2.05) is 4.90 Å². The first-order chi connectivity index (χ1) is 7.76. The molecule has 0 aromatic heterocycles. The zero-order valence-electron chi connectivity index (χ0n) is 10.4. The standard InChI is InChI=1S/C13H24N2O/c1-2-13(6-5-7-13)11-14-10-12(16)15-8-3-4-9-15/h14H,2-11H2,1H3. The molecule has 0 radical (unpaired) electrons. The molecular weight excluding hydrogens is 200 g/mol. The van der Waals surface area contributed by atoms with Gasteiger partial charge < -0.3 is 10.2 Å². The van der Waals surface area contributed by atoms with Gasteiger partial charge >= 0.3 is 0 Å². The van der Waals surface area contributed by atoms with Gasteiger partial charge in [0.1, 0.15) is 0 Å². The molecule has 3 nitrogen and oxygen atoms in total. The molecule has 3 heteroatoms. The first-order valence-electron chi connectivity index (χ1n) is 6.74. The van der Waals surface area contributed by atoms with Crippen molar-refractivity contribution in [1.82, 2.24) is 10.2 Å². The van der Waals surface area contributed by atoms with E-state index in [1.165, 1.54) is 38.5 Å². The van der Waals surface area contributed by atoms with Crippen molar-refractivity contribution in [3.05, 3.63) is 0 Å². The van der Waals surface area contributed by atoms with Gasteiger partial charge in [0.05, 0.1) is 6.54 Å². The maximum Gasteiger partial charge on any atom is 0.236 e. The maximum absolute atomic E-state index is 11.8. The summed E-state index contributed by atoms with van der Waals surface area (Å²) in [6.45, 7) is 5.78. The largest absolute Gasteiger partial charge is 0.342 e. The summed E-state index contributed by atoms with van der Waals surface area (Å²) in [5.41, 5.74) is 0.519. The molecule has 2 rings (SSSR count). The van der Waals surface area contributed by atoms with Gasteiger partial charge in [-0.15, -0.1) is 0 Å². The van der Waals surface area contributed by atoms with Crippen LogP contribution < -0.4 is 5.32 Å². The van der Waals surface area contributed by atoms with Gasteiger partial charge in [-0.05, 0) is 37.5 Å². The number of likely N-dealkylation sites (tertiary alicyclic amines) is 1. The van der Waals surface area contributed by atoms with Crippen molar-refractivity contribution in [1.29, 1.82) is 0 Å². The molecule has 0 bridgehead atoms. The predicted octanol–water partition coefficient (Wildman–Crippen LogP) is 1.78. The van der Waals surface area contributed by atoms with Crippen molar-refractivity contribution >= 4 is 5.91 Å². The third-order valence-electron chi connectivity index (χ3n) is 4.40. The summed E-state index contributed by atoms with van der Waals surface area (Å²) in [4.78, 5) is 13.8. The van der Waals surface area contributed by atoms with E-state index >= 15 is 0 Å². The highest BCUT2D eigenvalue weighted by atomic mass is 16.2. The van der Waals surface area contributed by atoms with E-state index in [-0.39, 0.29) is 0 Å². The van der Waals surface area contributed by atoms with Crippen molar-refractivity contribution in [3.8, 4) is 0 Å². The molecule has 1 amide bonds. The second-order valence-corrected chi connectivity index (χ2v) is 5.40. The van der Waals surface area contributed by atoms with E-state index < -0.39 is 0 Å². The van der Waals surface area contributed by atoms with Crippen LogP contribution in [0.1, 0.15) is 45.4 Å². The predicted molar refractivity (Wildman–Crippen MR) is 65.3 cm³/mol. The normalized spacial score (nSPS) is 23.2. The van der Waals surface area contributed by atoms with Crippen molar-refractivity contribution in [2.75, 3.05) is 26.2 Å². The highest BCUT2D eigenvalue weighted by Crippen LogP contribution is 2.42. The number of carbonyl (C=O) groups is 1. The fourth-order valence-corrected chi connectivity index (χ4v) is 2.85. The molecule has 1 heterocycles. The quantitative estimate of drug-likeness (QED) is 0.772. The third kappa shape index (κ3) is 2.57. The molecule has 1 saturated heterocycles. The number of hydrogen-bond acceptors (Lipinski definition) is 2. The Morgan fingerprint density at radius 2 is 1.94 bits per heavy atom. The van der Waals surface area contributed by atoms with Gasteiger partial charge in [-0.25, -0.2) is 0 Å². The Labute approximate surface area is 98.6 Å². The van der Waals surface area contributed by atoms with Gasteiger partial charge in [-0.3, -0.25) is 4.79 Å². The van der Waals surface area contributed by atoms with Crippen LogP contribution in [0, 0.1) is 5.41 Å². The Kier molecular flexibility index (Phi) is 3.85. The first-order valence-corrected chi connectivity index (χ1v) is 6.74. The van der Waals surface area contributed by atoms with Crippen molar-refractivity contribution in [3.63, 3.8) is 0 Å². The third-order valence-corrected chi connectivity index (χ3v) is 4.40. The number of hydrogen-bond donors (Lipinski definition) is 1. The molecular formula is C13H24N2O. The van der Waals surface area contributed by atoms with Gasteiger partial charge in [-0.1, -0.05) is 13.3 Å². The zero-order chi connectivity index (χ0) is 11.4. The van der Waals surface area contributed by atoms with Crippen LogP contribution in [0.5, 0.6) is 0 Å². The Morgan fingerprint density at radius 3 is 2.44 bits per heavy atom. The second kappa shape index (κ2) is 5.17. The van der Waals surface area contributed by atoms with E-state index in [0.29, 0.717) is 17.9 Å². The second-order valence-electron chi connectivity index (χ2n) is 5.40. The minimum absolute atomic E-state index is 0.295. The first kappa shape index (κ1) is 11.9. The number of nitrogens with one attached hydrogen (secondary N) is 1. The number of carbonyl (C=O) groups excluding carboxylic acids is 1. The zero-order valence-corrected chi connectivity index (χ0v) is 10.4. The van der Waals surface area contributed by atoms with Gasteiger partial charge in [-0.2, -0.15) is 0 Å². The molecule has 1 N–H and O–H groups in total. The molecule has 2 aliphatic rings. The maximum atomic E-state index is 11.8. The SMILES string of the molecule is CCC1(CNCC(=O)N2CCCC2)CCC1. The summed E-state index contributed by atoms with van der Waals surface area (Å²) in [6, 6.07) is 0. The summed E-state index contributed by atoms with van der Waals surface area (Å²) in [6.07, 6.45) is 7.67.